The number of rotatable bonds is 10. The van der Waals surface area contributed by atoms with E-state index >= 15 is 0 Å². The molecule has 3 nitrogen and oxygen atoms in total. The molecule has 0 spiro atoms. The molecule has 30 heavy (non-hydrogen) atoms. The molecule has 2 unspecified atom stereocenters. The fourth-order valence-electron chi connectivity index (χ4n) is 4.59. The highest BCUT2D eigenvalue weighted by molar-refractivity contribution is 5.85. The number of hydrogen-bond acceptors (Lipinski definition) is 3. The second-order valence-electron chi connectivity index (χ2n) is 8.31. The zero-order valence-electron chi connectivity index (χ0n) is 18.6. The summed E-state index contributed by atoms with van der Waals surface area (Å²) in [5, 5.41) is 12.2. The lowest BCUT2D eigenvalue weighted by atomic mass is 9.74. The highest BCUT2D eigenvalue weighted by Gasteiger charge is 2.40. The number of aliphatic hydroxyl groups is 1. The van der Waals surface area contributed by atoms with Crippen LogP contribution in [0.25, 0.3) is 0 Å². The number of ether oxygens (including phenoxy) is 1. The maximum atomic E-state index is 12.2. The van der Waals surface area contributed by atoms with Crippen molar-refractivity contribution in [2.24, 2.45) is 0 Å². The summed E-state index contributed by atoms with van der Waals surface area (Å²) in [5.74, 6) is 0.910. The lowest BCUT2D eigenvalue weighted by Gasteiger charge is -2.41. The van der Waals surface area contributed by atoms with Crippen LogP contribution in [-0.2, 0) is 5.60 Å². The van der Waals surface area contributed by atoms with Crippen molar-refractivity contribution < 1.29 is 9.84 Å². The van der Waals surface area contributed by atoms with E-state index in [9.17, 15) is 5.11 Å². The molecular formula is C26H38ClNO2. The summed E-state index contributed by atoms with van der Waals surface area (Å²) in [6, 6.07) is 18.7. The lowest BCUT2D eigenvalue weighted by molar-refractivity contribution is -0.0164. The molecule has 1 aliphatic heterocycles. The highest BCUT2D eigenvalue weighted by atomic mass is 35.5. The van der Waals surface area contributed by atoms with Crippen LogP contribution in [0, 0.1) is 0 Å². The van der Waals surface area contributed by atoms with Gasteiger partial charge in [-0.25, -0.2) is 0 Å². The predicted molar refractivity (Wildman–Crippen MR) is 128 cm³/mol. The largest absolute Gasteiger partial charge is 0.494 e. The molecule has 4 heteroatoms. The van der Waals surface area contributed by atoms with Crippen LogP contribution in [0.15, 0.2) is 54.6 Å². The Hall–Kier alpha value is -1.55. The first-order chi connectivity index (χ1) is 14.2. The summed E-state index contributed by atoms with van der Waals surface area (Å²) in [6.07, 6.45) is 6.70. The van der Waals surface area contributed by atoms with Gasteiger partial charge in [0.1, 0.15) is 5.75 Å². The van der Waals surface area contributed by atoms with E-state index in [-0.39, 0.29) is 18.3 Å². The third-order valence-electron chi connectivity index (χ3n) is 6.24. The first-order valence-electron chi connectivity index (χ1n) is 11.4. The Morgan fingerprint density at radius 2 is 1.63 bits per heavy atom. The van der Waals surface area contributed by atoms with Crippen molar-refractivity contribution in [3.05, 3.63) is 65.7 Å². The third kappa shape index (κ3) is 6.23. The standard InChI is InChI=1S/C26H37NO2.ClH/c1-3-5-18-26(28,23-14-16-24(17-15-23)29-4-2)25(22-12-8-6-9-13-22)21-27-19-10-7-11-20-27;/h6,8-9,12-17,25,28H,3-5,7,10-11,18-21H2,1-2H3;1H. The van der Waals surface area contributed by atoms with Gasteiger partial charge in [-0.2, -0.15) is 0 Å². The Balaban J connectivity index is 0.00000320. The first-order valence-corrected chi connectivity index (χ1v) is 11.4. The Labute approximate surface area is 188 Å². The summed E-state index contributed by atoms with van der Waals surface area (Å²) in [5.41, 5.74) is 1.34. The molecule has 0 bridgehead atoms. The summed E-state index contributed by atoms with van der Waals surface area (Å²) < 4.78 is 5.63. The van der Waals surface area contributed by atoms with Crippen LogP contribution < -0.4 is 4.74 Å². The number of hydrogen-bond donors (Lipinski definition) is 1. The van der Waals surface area contributed by atoms with Gasteiger partial charge in [0.25, 0.3) is 0 Å². The molecule has 1 fully saturated rings. The molecule has 0 aliphatic carbocycles. The topological polar surface area (TPSA) is 32.7 Å². The van der Waals surface area contributed by atoms with Gasteiger partial charge in [0.2, 0.25) is 0 Å². The molecule has 1 heterocycles. The molecule has 2 atom stereocenters. The first kappa shape index (κ1) is 24.7. The van der Waals surface area contributed by atoms with Crippen molar-refractivity contribution in [3.8, 4) is 5.75 Å². The van der Waals surface area contributed by atoms with E-state index in [1.807, 2.05) is 19.1 Å². The van der Waals surface area contributed by atoms with E-state index in [0.29, 0.717) is 6.61 Å². The zero-order valence-corrected chi connectivity index (χ0v) is 19.4. The van der Waals surface area contributed by atoms with E-state index in [1.54, 1.807) is 0 Å². The maximum absolute atomic E-state index is 12.2. The molecule has 0 amide bonds. The van der Waals surface area contributed by atoms with Crippen LogP contribution in [0.4, 0.5) is 0 Å². The second-order valence-corrected chi connectivity index (χ2v) is 8.31. The van der Waals surface area contributed by atoms with Gasteiger partial charge in [0.05, 0.1) is 12.2 Å². The number of benzene rings is 2. The van der Waals surface area contributed by atoms with Crippen molar-refractivity contribution in [1.82, 2.24) is 4.90 Å². The Kier molecular flexibility index (Phi) is 10.2. The van der Waals surface area contributed by atoms with Gasteiger partial charge in [0.15, 0.2) is 0 Å². The summed E-state index contributed by atoms with van der Waals surface area (Å²) >= 11 is 0. The molecular weight excluding hydrogens is 394 g/mol. The molecule has 0 aromatic heterocycles. The van der Waals surface area contributed by atoms with E-state index in [2.05, 4.69) is 54.3 Å². The molecule has 3 rings (SSSR count). The van der Waals surface area contributed by atoms with Gasteiger partial charge >= 0.3 is 0 Å². The minimum Gasteiger partial charge on any atom is -0.494 e. The second kappa shape index (κ2) is 12.3. The minimum absolute atomic E-state index is 0. The Morgan fingerprint density at radius 1 is 0.967 bits per heavy atom. The molecule has 1 N–H and O–H groups in total. The minimum atomic E-state index is -0.889. The SMILES string of the molecule is CCCCC(O)(c1ccc(OCC)cc1)C(CN1CCCCC1)c1ccccc1.Cl. The molecule has 1 aliphatic rings. The number of halogens is 1. The number of unbranched alkanes of at least 4 members (excludes halogenated alkanes) is 1. The quantitative estimate of drug-likeness (QED) is 0.489. The molecule has 2 aromatic rings. The van der Waals surface area contributed by atoms with Gasteiger partial charge in [0, 0.05) is 12.5 Å². The van der Waals surface area contributed by atoms with Crippen LogP contribution in [0.5, 0.6) is 5.75 Å². The average molecular weight is 432 g/mol. The van der Waals surface area contributed by atoms with Gasteiger partial charge < -0.3 is 14.7 Å². The van der Waals surface area contributed by atoms with Crippen molar-refractivity contribution in [2.45, 2.75) is 63.9 Å². The van der Waals surface area contributed by atoms with Crippen LogP contribution in [0.3, 0.4) is 0 Å². The summed E-state index contributed by atoms with van der Waals surface area (Å²) in [7, 11) is 0. The van der Waals surface area contributed by atoms with Crippen LogP contribution >= 0.6 is 12.4 Å². The molecule has 0 radical (unpaired) electrons. The third-order valence-corrected chi connectivity index (χ3v) is 6.24. The highest BCUT2D eigenvalue weighted by Crippen LogP contribution is 2.42. The number of nitrogens with zero attached hydrogens (tertiary/aromatic N) is 1. The average Bonchev–Trinajstić information content (AvgIpc) is 2.78. The molecule has 2 aromatic carbocycles. The smallest absolute Gasteiger partial charge is 0.119 e. The van der Waals surface area contributed by atoms with Gasteiger partial charge in [-0.15, -0.1) is 12.4 Å². The zero-order chi connectivity index (χ0) is 20.5. The monoisotopic (exact) mass is 431 g/mol. The lowest BCUT2D eigenvalue weighted by Crippen LogP contribution is -2.42. The molecule has 1 saturated heterocycles. The van der Waals surface area contributed by atoms with Gasteiger partial charge in [-0.05, 0) is 62.5 Å². The Bertz CT molecular complexity index is 716. The van der Waals surface area contributed by atoms with E-state index in [1.165, 1.54) is 24.8 Å². The summed E-state index contributed by atoms with van der Waals surface area (Å²) in [6.45, 7) is 8.02. The number of piperidine rings is 1. The maximum Gasteiger partial charge on any atom is 0.119 e. The Morgan fingerprint density at radius 3 is 2.23 bits per heavy atom. The van der Waals surface area contributed by atoms with Crippen LogP contribution in [0.2, 0.25) is 0 Å². The molecule has 166 valence electrons. The van der Waals surface area contributed by atoms with Crippen molar-refractivity contribution >= 4 is 12.4 Å². The van der Waals surface area contributed by atoms with Crippen molar-refractivity contribution in [2.75, 3.05) is 26.2 Å². The van der Waals surface area contributed by atoms with Crippen molar-refractivity contribution in [3.63, 3.8) is 0 Å². The van der Waals surface area contributed by atoms with Gasteiger partial charge in [-0.3, -0.25) is 0 Å². The summed E-state index contributed by atoms with van der Waals surface area (Å²) in [4.78, 5) is 2.55. The van der Waals surface area contributed by atoms with Crippen LogP contribution in [-0.4, -0.2) is 36.2 Å². The van der Waals surface area contributed by atoms with Gasteiger partial charge in [-0.1, -0.05) is 68.7 Å². The fraction of sp³-hybridized carbons (Fsp3) is 0.538. The van der Waals surface area contributed by atoms with E-state index in [4.69, 9.17) is 4.74 Å². The van der Waals surface area contributed by atoms with Crippen molar-refractivity contribution in [1.29, 1.82) is 0 Å². The molecule has 0 saturated carbocycles. The number of likely N-dealkylation sites (tertiary alicyclic amines) is 1. The fourth-order valence-corrected chi connectivity index (χ4v) is 4.59. The van der Waals surface area contributed by atoms with Crippen LogP contribution in [0.1, 0.15) is 69.4 Å². The van der Waals surface area contributed by atoms with E-state index < -0.39 is 5.60 Å². The predicted octanol–water partition coefficient (Wildman–Crippen LogP) is 6.15. The normalized spacial score (nSPS) is 17.6. The van der Waals surface area contributed by atoms with E-state index in [0.717, 1.165) is 50.2 Å².